The molecule has 0 radical (unpaired) electrons. The highest BCUT2D eigenvalue weighted by atomic mass is 16.5. The molecule has 204 valence electrons. The molecule has 3 aromatic rings. The van der Waals surface area contributed by atoms with Gasteiger partial charge in [0.2, 0.25) is 0 Å². The van der Waals surface area contributed by atoms with Crippen LogP contribution in [0.3, 0.4) is 0 Å². The number of amides is 1. The zero-order valence-electron chi connectivity index (χ0n) is 21.9. The van der Waals surface area contributed by atoms with Crippen LogP contribution in [0, 0.1) is 5.92 Å². The van der Waals surface area contributed by atoms with Gasteiger partial charge in [0.15, 0.2) is 18.2 Å². The highest BCUT2D eigenvalue weighted by Crippen LogP contribution is 2.46. The van der Waals surface area contributed by atoms with E-state index in [0.29, 0.717) is 43.8 Å². The molecular weight excluding hydrogens is 498 g/mol. The van der Waals surface area contributed by atoms with Crippen LogP contribution in [0.2, 0.25) is 0 Å². The minimum atomic E-state index is -0.218. The molecule has 39 heavy (non-hydrogen) atoms. The summed E-state index contributed by atoms with van der Waals surface area (Å²) in [5, 5.41) is 6.46. The number of nitrogens with one attached hydrogen (secondary N) is 2. The quantitative estimate of drug-likeness (QED) is 0.433. The summed E-state index contributed by atoms with van der Waals surface area (Å²) < 4.78 is 19.7. The van der Waals surface area contributed by atoms with Gasteiger partial charge in [0.05, 0.1) is 41.7 Å². The van der Waals surface area contributed by atoms with Gasteiger partial charge in [0.1, 0.15) is 5.75 Å². The van der Waals surface area contributed by atoms with Crippen molar-refractivity contribution in [3.63, 3.8) is 0 Å². The minimum absolute atomic E-state index is 0.0241. The van der Waals surface area contributed by atoms with Crippen LogP contribution in [0.4, 0.5) is 5.82 Å². The first-order chi connectivity index (χ1) is 19.0. The van der Waals surface area contributed by atoms with E-state index in [2.05, 4.69) is 20.6 Å². The molecule has 5 aliphatic rings. The van der Waals surface area contributed by atoms with E-state index in [9.17, 15) is 9.59 Å². The summed E-state index contributed by atoms with van der Waals surface area (Å²) in [5.74, 6) is 2.26. The third-order valence-corrected chi connectivity index (χ3v) is 8.74. The first-order valence-electron chi connectivity index (χ1n) is 13.9. The first kappa shape index (κ1) is 24.5. The number of fused-ring (bicyclic) bond motifs is 5. The van der Waals surface area contributed by atoms with Gasteiger partial charge in [-0.05, 0) is 69.1 Å². The molecule has 0 unspecified atom stereocenters. The Bertz CT molecular complexity index is 1460. The fourth-order valence-corrected chi connectivity index (χ4v) is 5.97. The van der Waals surface area contributed by atoms with Crippen LogP contribution in [0.5, 0.6) is 11.5 Å². The lowest BCUT2D eigenvalue weighted by molar-refractivity contribution is -0.167. The van der Waals surface area contributed by atoms with Gasteiger partial charge in [0.25, 0.3) is 11.5 Å². The van der Waals surface area contributed by atoms with Crippen LogP contribution in [-0.4, -0.2) is 51.4 Å². The summed E-state index contributed by atoms with van der Waals surface area (Å²) in [6.07, 6.45) is 8.87. The Morgan fingerprint density at radius 3 is 2.79 bits per heavy atom. The summed E-state index contributed by atoms with van der Waals surface area (Å²) in [6.45, 7) is 2.53. The lowest BCUT2D eigenvalue weighted by Gasteiger charge is -2.53. The summed E-state index contributed by atoms with van der Waals surface area (Å²) in [4.78, 5) is 33.6. The topological polar surface area (TPSA) is 117 Å². The second-order valence-electron chi connectivity index (χ2n) is 11.5. The van der Waals surface area contributed by atoms with Crippen LogP contribution in [0.25, 0.3) is 11.0 Å². The fourth-order valence-electron chi connectivity index (χ4n) is 5.97. The number of carbonyl (C=O) groups is 1. The van der Waals surface area contributed by atoms with E-state index in [0.717, 1.165) is 54.6 Å². The van der Waals surface area contributed by atoms with Crippen molar-refractivity contribution in [1.82, 2.24) is 19.9 Å². The maximum atomic E-state index is 12.9. The number of rotatable bonds is 9. The van der Waals surface area contributed by atoms with Gasteiger partial charge in [-0.15, -0.1) is 0 Å². The van der Waals surface area contributed by atoms with Gasteiger partial charge in [0, 0.05) is 30.8 Å². The molecule has 10 heteroatoms. The number of pyridine rings is 3. The molecule has 4 fully saturated rings. The highest BCUT2D eigenvalue weighted by molar-refractivity contribution is 5.94. The molecule has 2 bridgehead atoms. The van der Waals surface area contributed by atoms with Crippen LogP contribution >= 0.6 is 0 Å². The minimum Gasteiger partial charge on any atom is -0.492 e. The molecule has 1 amide bonds. The normalized spacial score (nSPS) is 25.7. The smallest absolute Gasteiger partial charge is 0.263 e. The third kappa shape index (κ3) is 4.98. The Kier molecular flexibility index (Phi) is 6.04. The lowest BCUT2D eigenvalue weighted by atomic mass is 9.70. The molecule has 8 rings (SSSR count). The third-order valence-electron chi connectivity index (χ3n) is 8.74. The van der Waals surface area contributed by atoms with Gasteiger partial charge in [-0.3, -0.25) is 14.6 Å². The van der Waals surface area contributed by atoms with E-state index in [4.69, 9.17) is 14.2 Å². The molecule has 10 nitrogen and oxygen atoms in total. The Hall–Kier alpha value is -3.50. The first-order valence-corrected chi connectivity index (χ1v) is 13.9. The summed E-state index contributed by atoms with van der Waals surface area (Å²) >= 11 is 0. The summed E-state index contributed by atoms with van der Waals surface area (Å²) in [6, 6.07) is 9.12. The second kappa shape index (κ2) is 9.60. The molecule has 3 aliphatic heterocycles. The molecule has 2 aliphatic carbocycles. The van der Waals surface area contributed by atoms with Gasteiger partial charge < -0.3 is 29.4 Å². The van der Waals surface area contributed by atoms with Gasteiger partial charge in [-0.25, -0.2) is 4.98 Å². The molecule has 2 saturated carbocycles. The zero-order chi connectivity index (χ0) is 26.5. The van der Waals surface area contributed by atoms with E-state index in [1.54, 1.807) is 18.3 Å². The second-order valence-corrected chi connectivity index (χ2v) is 11.5. The van der Waals surface area contributed by atoms with Crippen molar-refractivity contribution in [2.24, 2.45) is 5.92 Å². The van der Waals surface area contributed by atoms with E-state index < -0.39 is 0 Å². The fraction of sp³-hybridized carbons (Fsp3) is 0.517. The molecule has 0 aromatic carbocycles. The summed E-state index contributed by atoms with van der Waals surface area (Å²) in [7, 11) is 0. The standard InChI is InChI=1S/C29H33N5O5/c35-25-17-38-24-5-3-20(32-27(24)33-25)14-31-28-7-9-29(10-8-28,39-18-28)11-12-34-23-13-21(37-16-19-1-2-19)15-30-22(23)4-6-26(34)36/h3-6,13,15,19,31H,1-2,7-12,14,16-18H2,(H,32,33,35). The van der Waals surface area contributed by atoms with Crippen molar-refractivity contribution in [2.75, 3.05) is 25.1 Å². The molecule has 6 heterocycles. The van der Waals surface area contributed by atoms with E-state index in [1.807, 2.05) is 22.8 Å². The number of aromatic nitrogens is 3. The Balaban J connectivity index is 0.993. The van der Waals surface area contributed by atoms with E-state index in [-0.39, 0.29) is 29.2 Å². The maximum Gasteiger partial charge on any atom is 0.263 e. The van der Waals surface area contributed by atoms with Gasteiger partial charge >= 0.3 is 0 Å². The van der Waals surface area contributed by atoms with Crippen molar-refractivity contribution in [3.05, 3.63) is 52.6 Å². The van der Waals surface area contributed by atoms with E-state index in [1.165, 1.54) is 12.8 Å². The molecular formula is C29H33N5O5. The van der Waals surface area contributed by atoms with Crippen molar-refractivity contribution >= 4 is 22.8 Å². The summed E-state index contributed by atoms with van der Waals surface area (Å²) in [5.41, 5.74) is 2.12. The SMILES string of the molecule is O=C1COc2ccc(CNC34CCC(CCn5c(=O)ccc6ncc(OCC7CC7)cc65)(CC3)OC4)nc2N1. The number of carbonyl (C=O) groups excluding carboxylic acids is 1. The molecule has 3 aromatic heterocycles. The Labute approximate surface area is 226 Å². The van der Waals surface area contributed by atoms with Crippen LogP contribution in [0.15, 0.2) is 41.3 Å². The van der Waals surface area contributed by atoms with Crippen LogP contribution < -0.4 is 25.7 Å². The largest absolute Gasteiger partial charge is 0.492 e. The van der Waals surface area contributed by atoms with Gasteiger partial charge in [-0.1, -0.05) is 0 Å². The Morgan fingerprint density at radius 2 is 2.00 bits per heavy atom. The van der Waals surface area contributed by atoms with Crippen molar-refractivity contribution in [2.45, 2.75) is 69.2 Å². The number of ether oxygens (including phenoxy) is 3. The number of hydrogen-bond donors (Lipinski definition) is 2. The monoisotopic (exact) mass is 531 g/mol. The average molecular weight is 532 g/mol. The number of anilines is 1. The molecule has 2 saturated heterocycles. The number of nitrogens with zero attached hydrogens (tertiary/aromatic N) is 3. The average Bonchev–Trinajstić information content (AvgIpc) is 3.80. The molecule has 2 N–H and O–H groups in total. The maximum absolute atomic E-state index is 12.9. The zero-order valence-corrected chi connectivity index (χ0v) is 21.9. The van der Waals surface area contributed by atoms with Crippen molar-refractivity contribution < 1.29 is 19.0 Å². The number of hydrogen-bond acceptors (Lipinski definition) is 8. The highest BCUT2D eigenvalue weighted by Gasteiger charge is 2.49. The van der Waals surface area contributed by atoms with Crippen LogP contribution in [-0.2, 0) is 22.6 Å². The number of aryl methyl sites for hydroxylation is 1. The van der Waals surface area contributed by atoms with Crippen molar-refractivity contribution in [3.8, 4) is 11.5 Å². The van der Waals surface area contributed by atoms with Crippen molar-refractivity contribution in [1.29, 1.82) is 0 Å². The predicted molar refractivity (Wildman–Crippen MR) is 144 cm³/mol. The van der Waals surface area contributed by atoms with E-state index >= 15 is 0 Å². The van der Waals surface area contributed by atoms with Crippen LogP contribution in [0.1, 0.15) is 50.6 Å². The molecule has 0 spiro atoms. The lowest BCUT2D eigenvalue weighted by Crippen LogP contribution is -2.61. The molecule has 0 atom stereocenters. The predicted octanol–water partition coefficient (Wildman–Crippen LogP) is 3.17. The van der Waals surface area contributed by atoms with Gasteiger partial charge in [-0.2, -0.15) is 0 Å². The Morgan fingerprint density at radius 1 is 1.13 bits per heavy atom.